The van der Waals surface area contributed by atoms with Crippen LogP contribution in [-0.4, -0.2) is 209 Å². The minimum absolute atomic E-state index is 0.0320. The summed E-state index contributed by atoms with van der Waals surface area (Å²) in [7, 11) is 6.67. The first-order chi connectivity index (χ1) is 36.3. The maximum Gasteiger partial charge on any atom is 0.272 e. The third-order valence-corrected chi connectivity index (χ3v) is 15.7. The third-order valence-electron chi connectivity index (χ3n) is 15.7. The van der Waals surface area contributed by atoms with E-state index in [0.29, 0.717) is 85.0 Å². The quantitative estimate of drug-likeness (QED) is 0.0780. The van der Waals surface area contributed by atoms with E-state index < -0.39 is 47.8 Å². The van der Waals surface area contributed by atoms with Crippen LogP contribution in [0.25, 0.3) is 0 Å². The summed E-state index contributed by atoms with van der Waals surface area (Å²) in [5.74, 6) is -3.43. The molecule has 20 heteroatoms. The van der Waals surface area contributed by atoms with Crippen molar-refractivity contribution in [3.05, 3.63) is 48.0 Å². The molecule has 2 saturated heterocycles. The summed E-state index contributed by atoms with van der Waals surface area (Å²) in [6, 6.07) is 7.32. The Kier molecular flexibility index (Phi) is 24.3. The van der Waals surface area contributed by atoms with Crippen LogP contribution in [0.3, 0.4) is 0 Å². The lowest BCUT2D eigenvalue weighted by Gasteiger charge is -2.41. The number of rotatable bonds is 32. The highest BCUT2D eigenvalue weighted by atomic mass is 16.7. The van der Waals surface area contributed by atoms with Gasteiger partial charge in [-0.2, -0.15) is 0 Å². The number of amides is 7. The number of likely N-dealkylation sites (tertiary alicyclic amines) is 1. The molecule has 2 N–H and O–H groups in total. The predicted molar refractivity (Wildman–Crippen MR) is 284 cm³/mol. The molecule has 20 nitrogen and oxygen atoms in total. The topological polar surface area (TPSA) is 215 Å². The van der Waals surface area contributed by atoms with Crippen molar-refractivity contribution in [1.82, 2.24) is 35.3 Å². The molecule has 1 aromatic rings. The fourth-order valence-corrected chi connectivity index (χ4v) is 11.1. The van der Waals surface area contributed by atoms with Crippen LogP contribution in [0.1, 0.15) is 105 Å². The first-order valence-corrected chi connectivity index (χ1v) is 27.5. The molecule has 0 spiro atoms. The molecule has 426 valence electrons. The number of benzene rings is 1. The lowest BCUT2D eigenvalue weighted by Crippen LogP contribution is -2.60. The number of nitrogens with zero attached hydrogens (tertiary/aromatic N) is 5. The zero-order valence-electron chi connectivity index (χ0n) is 47.2. The zero-order valence-corrected chi connectivity index (χ0v) is 47.2. The average Bonchev–Trinajstić information content (AvgIpc) is 3.79. The minimum atomic E-state index is -1.16. The van der Waals surface area contributed by atoms with Gasteiger partial charge in [0, 0.05) is 59.0 Å². The molecule has 5 rings (SSSR count). The number of carbonyl (C=O) groups is 7. The predicted octanol–water partition coefficient (Wildman–Crippen LogP) is 3.58. The second-order valence-electron chi connectivity index (χ2n) is 21.6. The van der Waals surface area contributed by atoms with Crippen molar-refractivity contribution in [1.29, 1.82) is 0 Å². The van der Waals surface area contributed by atoms with Crippen molar-refractivity contribution in [3.8, 4) is 0 Å². The molecule has 1 saturated carbocycles. The van der Waals surface area contributed by atoms with E-state index in [1.54, 1.807) is 38.0 Å². The number of nitrogens with one attached hydrogen (secondary N) is 2. The van der Waals surface area contributed by atoms with Crippen molar-refractivity contribution in [2.45, 2.75) is 141 Å². The Bertz CT molecular complexity index is 2090. The van der Waals surface area contributed by atoms with Crippen LogP contribution in [0.2, 0.25) is 0 Å². The van der Waals surface area contributed by atoms with Gasteiger partial charge in [-0.15, -0.1) is 0 Å². The molecule has 0 radical (unpaired) electrons. The number of hydrogen-bond donors (Lipinski definition) is 2. The Hall–Kier alpha value is -4.83. The van der Waals surface area contributed by atoms with Gasteiger partial charge >= 0.3 is 0 Å². The fourth-order valence-electron chi connectivity index (χ4n) is 11.1. The summed E-state index contributed by atoms with van der Waals surface area (Å²) in [6.45, 7) is 17.4. The van der Waals surface area contributed by atoms with E-state index in [-0.39, 0.29) is 84.6 Å². The summed E-state index contributed by atoms with van der Waals surface area (Å²) < 4.78 is 29.1. The second kappa shape index (κ2) is 29.8. The molecule has 10 atom stereocenters. The maximum atomic E-state index is 14.7. The minimum Gasteiger partial charge on any atom is -0.379 e. The SMILES string of the molecule is CC[C@H](C)[C@@H]([C@@H](CC(=O)N1CCC[C@H]1[C@H](OC)[C@@H](C)C(=O)N[C@@]1(C(=O)N2CCCCO2)C[C@@H]1c1ccccc1)OC)N(C)C(=O)[C@@H](NC(=O)[C@H](C(C)C)N(C)CCOCCOCCOCCN1C(=O)C=CC1=O)C(C)C. The highest BCUT2D eigenvalue weighted by Crippen LogP contribution is 2.53. The van der Waals surface area contributed by atoms with Crippen molar-refractivity contribution in [2.75, 3.05) is 101 Å². The lowest BCUT2D eigenvalue weighted by molar-refractivity contribution is -0.200. The molecular weight excluding hydrogens is 979 g/mol. The van der Waals surface area contributed by atoms with Crippen LogP contribution in [0.5, 0.6) is 0 Å². The van der Waals surface area contributed by atoms with Crippen LogP contribution in [0.4, 0.5) is 0 Å². The smallest absolute Gasteiger partial charge is 0.272 e. The van der Waals surface area contributed by atoms with E-state index >= 15 is 0 Å². The highest BCUT2D eigenvalue weighted by molar-refractivity contribution is 6.12. The first kappa shape index (κ1) is 62.0. The number of carbonyl (C=O) groups excluding carboxylic acids is 7. The average molecular weight is 1070 g/mol. The number of hydroxylamine groups is 2. The molecule has 76 heavy (non-hydrogen) atoms. The molecule has 0 bridgehead atoms. The summed E-state index contributed by atoms with van der Waals surface area (Å²) in [4.78, 5) is 108. The van der Waals surface area contributed by atoms with Gasteiger partial charge in [0.2, 0.25) is 23.6 Å². The molecule has 4 aliphatic rings. The fraction of sp³-hybridized carbons (Fsp3) is 0.732. The Labute approximate surface area is 451 Å². The van der Waals surface area contributed by atoms with Crippen molar-refractivity contribution in [2.24, 2.45) is 23.7 Å². The molecule has 1 aliphatic carbocycles. The van der Waals surface area contributed by atoms with E-state index in [9.17, 15) is 33.6 Å². The molecule has 3 fully saturated rings. The zero-order chi connectivity index (χ0) is 55.7. The standard InChI is InChI=1S/C56H89N7O13/c1-12-39(6)50(60(9)54(69)48(37(2)3)57-53(68)49(38(4)5)59(8)26-29-73-31-33-75-34-32-74-30-27-62-45(64)22-23-46(62)65)44(71-10)35-47(66)61-24-18-21-43(61)51(72-11)40(7)52(67)58-56(55(70)63-25-16-17-28-76-63)36-42(56)41-19-14-13-15-20-41/h13-15,19-20,22-23,37-40,42-44,48-51H,12,16-18,21,24-36H2,1-11H3,(H,57,68)(H,58,67)/t39-,40+,42+,43-,44+,48-,49-,50-,51+,56-/m0/s1. The highest BCUT2D eigenvalue weighted by Gasteiger charge is 2.64. The third kappa shape index (κ3) is 15.9. The van der Waals surface area contributed by atoms with E-state index in [1.165, 1.54) is 17.2 Å². The van der Waals surface area contributed by atoms with Crippen molar-refractivity contribution in [3.63, 3.8) is 0 Å². The van der Waals surface area contributed by atoms with Gasteiger partial charge in [-0.05, 0) is 62.5 Å². The maximum absolute atomic E-state index is 14.7. The number of ether oxygens (including phenoxy) is 5. The second-order valence-corrected chi connectivity index (χ2v) is 21.6. The van der Waals surface area contributed by atoms with Gasteiger partial charge in [0.1, 0.15) is 11.6 Å². The molecule has 7 amide bonds. The van der Waals surface area contributed by atoms with Gasteiger partial charge in [0.15, 0.2) is 0 Å². The van der Waals surface area contributed by atoms with E-state index in [2.05, 4.69) is 10.6 Å². The molecule has 3 aliphatic heterocycles. The normalized spacial score (nSPS) is 22.4. The van der Waals surface area contributed by atoms with Crippen LogP contribution < -0.4 is 10.6 Å². The van der Waals surface area contributed by atoms with Gasteiger partial charge in [0.05, 0.1) is 95.5 Å². The first-order valence-electron chi connectivity index (χ1n) is 27.5. The van der Waals surface area contributed by atoms with Crippen LogP contribution in [0, 0.1) is 23.7 Å². The summed E-state index contributed by atoms with van der Waals surface area (Å²) in [6.07, 6.45) is 5.20. The van der Waals surface area contributed by atoms with E-state index in [4.69, 9.17) is 28.5 Å². The monoisotopic (exact) mass is 1070 g/mol. The number of imide groups is 1. The van der Waals surface area contributed by atoms with Crippen LogP contribution >= 0.6 is 0 Å². The van der Waals surface area contributed by atoms with Gasteiger partial charge in [-0.1, -0.05) is 85.2 Å². The Morgan fingerprint density at radius 3 is 2.03 bits per heavy atom. The largest absolute Gasteiger partial charge is 0.379 e. The Morgan fingerprint density at radius 1 is 0.803 bits per heavy atom. The van der Waals surface area contributed by atoms with Gasteiger partial charge in [-0.3, -0.25) is 48.2 Å². The number of methoxy groups -OCH3 is 2. The lowest BCUT2D eigenvalue weighted by atomic mass is 9.89. The van der Waals surface area contributed by atoms with Gasteiger partial charge in [-0.25, -0.2) is 5.06 Å². The number of hydrogen-bond acceptors (Lipinski definition) is 14. The van der Waals surface area contributed by atoms with Gasteiger partial charge in [0.25, 0.3) is 17.7 Å². The van der Waals surface area contributed by atoms with E-state index in [1.807, 2.05) is 83.8 Å². The summed E-state index contributed by atoms with van der Waals surface area (Å²) in [5.41, 5.74) is -0.197. The van der Waals surface area contributed by atoms with Crippen molar-refractivity contribution < 1.29 is 62.1 Å². The summed E-state index contributed by atoms with van der Waals surface area (Å²) >= 11 is 0. The Balaban J connectivity index is 1.16. The van der Waals surface area contributed by atoms with Crippen molar-refractivity contribution >= 4 is 41.4 Å². The Morgan fingerprint density at radius 2 is 1.45 bits per heavy atom. The van der Waals surface area contributed by atoms with Gasteiger partial charge < -0.3 is 44.1 Å². The molecule has 0 unspecified atom stereocenters. The number of likely N-dealkylation sites (N-methyl/N-ethyl adjacent to an activating group) is 2. The molecular formula is C56H89N7O13. The van der Waals surface area contributed by atoms with Crippen LogP contribution in [0.15, 0.2) is 42.5 Å². The van der Waals surface area contributed by atoms with Crippen LogP contribution in [-0.2, 0) is 62.1 Å². The molecule has 3 heterocycles. The summed E-state index contributed by atoms with van der Waals surface area (Å²) in [5, 5.41) is 7.66. The molecule has 0 aromatic heterocycles. The van der Waals surface area contributed by atoms with E-state index in [0.717, 1.165) is 23.3 Å². The molecule has 1 aromatic carbocycles.